The molecule has 9 nitrogen and oxygen atoms in total. The molecule has 27 heavy (non-hydrogen) atoms. The third kappa shape index (κ3) is 7.18. The Morgan fingerprint density at radius 1 is 1.33 bits per heavy atom. The van der Waals surface area contributed by atoms with Gasteiger partial charge in [0.15, 0.2) is 0 Å². The highest BCUT2D eigenvalue weighted by Crippen LogP contribution is 2.28. The molecule has 1 heterocycles. The Morgan fingerprint density at radius 2 is 2.07 bits per heavy atom. The molecule has 9 heteroatoms. The SMILES string of the molecule is CNC[C@H](O)[C@H](CC1CCCCC1)NC(=O)[C@H](Cc1cnc[nH]1)NC(=O)[O-]. The second-order valence-electron chi connectivity index (χ2n) is 7.25. The lowest BCUT2D eigenvalue weighted by atomic mass is 9.83. The van der Waals surface area contributed by atoms with E-state index in [2.05, 4.69) is 25.9 Å². The summed E-state index contributed by atoms with van der Waals surface area (Å²) in [5.74, 6) is -0.0273. The van der Waals surface area contributed by atoms with E-state index in [1.165, 1.54) is 31.8 Å². The Balaban J connectivity index is 2.03. The number of nitrogens with one attached hydrogen (secondary N) is 4. The highest BCUT2D eigenvalue weighted by Gasteiger charge is 2.28. The van der Waals surface area contributed by atoms with Crippen LogP contribution in [0, 0.1) is 5.92 Å². The Labute approximate surface area is 159 Å². The smallest absolute Gasteiger partial charge is 0.243 e. The molecule has 0 spiro atoms. The van der Waals surface area contributed by atoms with Crippen LogP contribution < -0.4 is 21.1 Å². The number of aromatic nitrogens is 2. The number of carboxylic acid groups (broad SMARTS) is 1. The first-order chi connectivity index (χ1) is 13.0. The van der Waals surface area contributed by atoms with Gasteiger partial charge in [-0.15, -0.1) is 0 Å². The molecule has 2 rings (SSSR count). The fourth-order valence-electron chi connectivity index (χ4n) is 3.70. The number of carbonyl (C=O) groups excluding carboxylic acids is 2. The van der Waals surface area contributed by atoms with Gasteiger partial charge in [-0.1, -0.05) is 32.1 Å². The minimum absolute atomic E-state index is 0.123. The number of hydrogen-bond donors (Lipinski definition) is 5. The molecular formula is C18H30N5O4-. The van der Waals surface area contributed by atoms with Crippen molar-refractivity contribution in [3.8, 4) is 0 Å². The zero-order chi connectivity index (χ0) is 19.6. The molecule has 2 amide bonds. The van der Waals surface area contributed by atoms with Crippen LogP contribution in [0.4, 0.5) is 4.79 Å². The van der Waals surface area contributed by atoms with Crippen LogP contribution in [0.3, 0.4) is 0 Å². The first-order valence-corrected chi connectivity index (χ1v) is 9.57. The van der Waals surface area contributed by atoms with E-state index in [0.29, 0.717) is 24.6 Å². The van der Waals surface area contributed by atoms with Crippen LogP contribution in [-0.4, -0.2) is 58.9 Å². The summed E-state index contributed by atoms with van der Waals surface area (Å²) in [7, 11) is 1.74. The van der Waals surface area contributed by atoms with Gasteiger partial charge < -0.3 is 35.9 Å². The van der Waals surface area contributed by atoms with Gasteiger partial charge in [-0.05, 0) is 19.4 Å². The third-order valence-electron chi connectivity index (χ3n) is 5.10. The van der Waals surface area contributed by atoms with Gasteiger partial charge in [-0.25, -0.2) is 4.98 Å². The van der Waals surface area contributed by atoms with Crippen LogP contribution in [-0.2, 0) is 11.2 Å². The summed E-state index contributed by atoms with van der Waals surface area (Å²) in [6, 6.07) is -1.47. The van der Waals surface area contributed by atoms with Crippen LogP contribution in [0.1, 0.15) is 44.2 Å². The third-order valence-corrected chi connectivity index (χ3v) is 5.10. The number of nitrogens with zero attached hydrogens (tertiary/aromatic N) is 1. The molecule has 1 aliphatic carbocycles. The topological polar surface area (TPSA) is 142 Å². The van der Waals surface area contributed by atoms with E-state index >= 15 is 0 Å². The van der Waals surface area contributed by atoms with Gasteiger partial charge in [0.2, 0.25) is 5.91 Å². The predicted octanol–water partition coefficient (Wildman–Crippen LogP) is -0.711. The van der Waals surface area contributed by atoms with Crippen molar-refractivity contribution in [2.24, 2.45) is 5.92 Å². The molecule has 0 radical (unpaired) electrons. The van der Waals surface area contributed by atoms with E-state index in [4.69, 9.17) is 0 Å². The summed E-state index contributed by atoms with van der Waals surface area (Å²) in [4.78, 5) is 30.5. The van der Waals surface area contributed by atoms with E-state index in [-0.39, 0.29) is 6.42 Å². The highest BCUT2D eigenvalue weighted by molar-refractivity contribution is 5.85. The lowest BCUT2D eigenvalue weighted by Crippen LogP contribution is -2.56. The normalized spacial score (nSPS) is 18.4. The number of aromatic amines is 1. The standard InChI is InChI=1S/C18H31N5O4/c1-19-10-16(24)14(7-12-5-3-2-4-6-12)22-17(25)15(23-18(26)27)8-13-9-20-11-21-13/h9,11-12,14-16,19,23-24H,2-8,10H2,1H3,(H,20,21)(H,22,25)(H,26,27)/p-1/t14-,15-,16-/m0/s1. The molecule has 0 bridgehead atoms. The average Bonchev–Trinajstić information content (AvgIpc) is 3.14. The Kier molecular flexibility index (Phi) is 8.53. The van der Waals surface area contributed by atoms with Crippen molar-refractivity contribution < 1.29 is 19.8 Å². The monoisotopic (exact) mass is 380 g/mol. The van der Waals surface area contributed by atoms with Crippen molar-refractivity contribution in [2.75, 3.05) is 13.6 Å². The van der Waals surface area contributed by atoms with Crippen LogP contribution >= 0.6 is 0 Å². The van der Waals surface area contributed by atoms with E-state index in [1.54, 1.807) is 7.05 Å². The van der Waals surface area contributed by atoms with E-state index in [9.17, 15) is 19.8 Å². The summed E-state index contributed by atoms with van der Waals surface area (Å²) in [5.41, 5.74) is 0.628. The van der Waals surface area contributed by atoms with Gasteiger partial charge in [-0.2, -0.15) is 0 Å². The van der Waals surface area contributed by atoms with Crippen LogP contribution in [0.5, 0.6) is 0 Å². The van der Waals surface area contributed by atoms with Crippen molar-refractivity contribution in [2.45, 2.75) is 63.1 Å². The van der Waals surface area contributed by atoms with Crippen molar-refractivity contribution >= 4 is 12.0 Å². The maximum absolute atomic E-state index is 12.7. The van der Waals surface area contributed by atoms with E-state index in [0.717, 1.165) is 12.8 Å². The number of aliphatic hydroxyl groups is 1. The largest absolute Gasteiger partial charge is 0.530 e. The maximum Gasteiger partial charge on any atom is 0.243 e. The minimum atomic E-state index is -1.52. The van der Waals surface area contributed by atoms with Gasteiger partial charge in [0, 0.05) is 24.9 Å². The average molecular weight is 380 g/mol. The molecule has 1 saturated carbocycles. The molecule has 1 aromatic rings. The predicted molar refractivity (Wildman–Crippen MR) is 97.7 cm³/mol. The number of imidazole rings is 1. The first-order valence-electron chi connectivity index (χ1n) is 9.57. The number of rotatable bonds is 10. The second-order valence-corrected chi connectivity index (χ2v) is 7.25. The van der Waals surface area contributed by atoms with Crippen molar-refractivity contribution in [1.29, 1.82) is 0 Å². The molecule has 1 aromatic heterocycles. The number of carbonyl (C=O) groups is 2. The van der Waals surface area contributed by atoms with Gasteiger partial charge in [0.1, 0.15) is 12.1 Å². The van der Waals surface area contributed by atoms with Crippen molar-refractivity contribution in [3.05, 3.63) is 18.2 Å². The minimum Gasteiger partial charge on any atom is -0.530 e. The van der Waals surface area contributed by atoms with Gasteiger partial charge in [-0.3, -0.25) is 4.79 Å². The number of amides is 2. The molecule has 5 N–H and O–H groups in total. The van der Waals surface area contributed by atoms with Crippen molar-refractivity contribution in [1.82, 2.24) is 25.9 Å². The molecule has 0 aromatic carbocycles. The van der Waals surface area contributed by atoms with Gasteiger partial charge in [0.25, 0.3) is 0 Å². The number of H-pyrrole nitrogens is 1. The Bertz CT molecular complexity index is 574. The fourth-order valence-corrected chi connectivity index (χ4v) is 3.70. The summed E-state index contributed by atoms with van der Waals surface area (Å²) in [6.07, 6.45) is 7.28. The fraction of sp³-hybridized carbons (Fsp3) is 0.722. The molecule has 152 valence electrons. The lowest BCUT2D eigenvalue weighted by Gasteiger charge is -2.31. The van der Waals surface area contributed by atoms with Crippen LogP contribution in [0.15, 0.2) is 12.5 Å². The van der Waals surface area contributed by atoms with E-state index < -0.39 is 30.2 Å². The second kappa shape index (κ2) is 10.9. The molecular weight excluding hydrogens is 350 g/mol. The summed E-state index contributed by atoms with van der Waals surface area (Å²) >= 11 is 0. The maximum atomic E-state index is 12.7. The molecule has 1 fully saturated rings. The number of aliphatic hydroxyl groups excluding tert-OH is 1. The number of likely N-dealkylation sites (N-methyl/N-ethyl adjacent to an activating group) is 1. The molecule has 3 atom stereocenters. The van der Waals surface area contributed by atoms with Crippen LogP contribution in [0.2, 0.25) is 0 Å². The Hall–Kier alpha value is -2.13. The first kappa shape index (κ1) is 21.2. The molecule has 1 aliphatic rings. The highest BCUT2D eigenvalue weighted by atomic mass is 16.4. The lowest BCUT2D eigenvalue weighted by molar-refractivity contribution is -0.251. The summed E-state index contributed by atoms with van der Waals surface area (Å²) < 4.78 is 0. The summed E-state index contributed by atoms with van der Waals surface area (Å²) in [5, 5.41) is 29.4. The van der Waals surface area contributed by atoms with E-state index in [1.807, 2.05) is 0 Å². The molecule has 0 aliphatic heterocycles. The zero-order valence-corrected chi connectivity index (χ0v) is 15.7. The number of hydrogen-bond acceptors (Lipinski definition) is 6. The molecule has 0 unspecified atom stereocenters. The quantitative estimate of drug-likeness (QED) is 0.363. The van der Waals surface area contributed by atoms with Gasteiger partial charge in [0.05, 0.1) is 18.5 Å². The van der Waals surface area contributed by atoms with Crippen LogP contribution in [0.25, 0.3) is 0 Å². The summed E-state index contributed by atoms with van der Waals surface area (Å²) in [6.45, 7) is 0.344. The Morgan fingerprint density at radius 3 is 2.67 bits per heavy atom. The van der Waals surface area contributed by atoms with Crippen molar-refractivity contribution in [3.63, 3.8) is 0 Å². The molecule has 0 saturated heterocycles. The van der Waals surface area contributed by atoms with Gasteiger partial charge >= 0.3 is 0 Å². The zero-order valence-electron chi connectivity index (χ0n) is 15.7.